The van der Waals surface area contributed by atoms with Gasteiger partial charge in [-0.25, -0.2) is 8.42 Å². The van der Waals surface area contributed by atoms with E-state index in [4.69, 9.17) is 0 Å². The molecular formula is C26H31N5O3S. The molecule has 3 aromatic rings. The minimum absolute atomic E-state index is 0.190. The molecule has 9 heteroatoms. The minimum Gasteiger partial charge on any atom is -0.367 e. The van der Waals surface area contributed by atoms with Crippen LogP contribution in [0.5, 0.6) is 0 Å². The van der Waals surface area contributed by atoms with E-state index in [-0.39, 0.29) is 10.8 Å². The lowest BCUT2D eigenvalue weighted by Crippen LogP contribution is -2.43. The van der Waals surface area contributed by atoms with Crippen molar-refractivity contribution < 1.29 is 13.2 Å². The molecule has 4 rings (SSSR count). The lowest BCUT2D eigenvalue weighted by Gasteiger charge is -2.31. The summed E-state index contributed by atoms with van der Waals surface area (Å²) < 4.78 is 29.2. The van der Waals surface area contributed by atoms with E-state index in [2.05, 4.69) is 32.2 Å². The number of carbonyl (C=O) groups excluding carboxylic acids is 1. The minimum atomic E-state index is -3.84. The van der Waals surface area contributed by atoms with E-state index in [1.807, 2.05) is 30.3 Å². The number of aryl methyl sites for hydroxylation is 1. The lowest BCUT2D eigenvalue weighted by molar-refractivity contribution is 0.0951. The van der Waals surface area contributed by atoms with Crippen LogP contribution < -0.4 is 20.3 Å². The lowest BCUT2D eigenvalue weighted by atomic mass is 10.1. The summed E-state index contributed by atoms with van der Waals surface area (Å²) in [5.74, 6) is -0.287. The Morgan fingerprint density at radius 2 is 1.83 bits per heavy atom. The molecule has 1 aliphatic rings. The highest BCUT2D eigenvalue weighted by Crippen LogP contribution is 2.30. The highest BCUT2D eigenvalue weighted by Gasteiger charge is 2.21. The van der Waals surface area contributed by atoms with E-state index in [9.17, 15) is 13.2 Å². The number of nitrogens with zero attached hydrogens (tertiary/aromatic N) is 2. The highest BCUT2D eigenvalue weighted by molar-refractivity contribution is 7.92. The van der Waals surface area contributed by atoms with Gasteiger partial charge in [-0.15, -0.1) is 0 Å². The third-order valence-electron chi connectivity index (χ3n) is 5.91. The van der Waals surface area contributed by atoms with Crippen molar-refractivity contribution in [1.82, 2.24) is 15.6 Å². The number of nitrogens with one attached hydrogen (secondary N) is 3. The molecule has 0 aliphatic carbocycles. The van der Waals surface area contributed by atoms with Crippen LogP contribution >= 0.6 is 0 Å². The molecule has 2 aromatic carbocycles. The van der Waals surface area contributed by atoms with Crippen LogP contribution in [-0.4, -0.2) is 45.5 Å². The summed E-state index contributed by atoms with van der Waals surface area (Å²) in [7, 11) is -3.84. The number of aromatic nitrogens is 1. The highest BCUT2D eigenvalue weighted by atomic mass is 32.2. The maximum absolute atomic E-state index is 13.2. The number of anilines is 2. The van der Waals surface area contributed by atoms with Gasteiger partial charge in [-0.1, -0.05) is 31.5 Å². The number of hydrogen-bond donors (Lipinski definition) is 3. The zero-order chi connectivity index (χ0) is 24.7. The average Bonchev–Trinajstić information content (AvgIpc) is 2.89. The van der Waals surface area contributed by atoms with Crippen LogP contribution in [0.15, 0.2) is 71.9 Å². The number of pyridine rings is 1. The summed E-state index contributed by atoms with van der Waals surface area (Å²) in [6.45, 7) is 5.51. The first kappa shape index (κ1) is 24.7. The molecule has 35 heavy (non-hydrogen) atoms. The van der Waals surface area contributed by atoms with Crippen molar-refractivity contribution in [2.45, 2.75) is 31.2 Å². The van der Waals surface area contributed by atoms with Crippen LogP contribution in [-0.2, 0) is 23.0 Å². The summed E-state index contributed by atoms with van der Waals surface area (Å²) in [5.41, 5.74) is 3.50. The molecule has 1 saturated heterocycles. The molecule has 0 unspecified atom stereocenters. The van der Waals surface area contributed by atoms with E-state index >= 15 is 0 Å². The Labute approximate surface area is 206 Å². The van der Waals surface area contributed by atoms with Gasteiger partial charge in [-0.3, -0.25) is 14.5 Å². The fraction of sp³-hybridized carbons (Fsp3) is 0.308. The Hall–Kier alpha value is -3.43. The van der Waals surface area contributed by atoms with Crippen LogP contribution in [0.4, 0.5) is 11.4 Å². The molecule has 3 N–H and O–H groups in total. The predicted molar refractivity (Wildman–Crippen MR) is 138 cm³/mol. The van der Waals surface area contributed by atoms with Gasteiger partial charge in [0.05, 0.1) is 16.3 Å². The topological polar surface area (TPSA) is 103 Å². The fourth-order valence-corrected chi connectivity index (χ4v) is 5.12. The Bertz CT molecular complexity index is 1240. The van der Waals surface area contributed by atoms with Gasteiger partial charge < -0.3 is 15.5 Å². The standard InChI is InChI=1S/C26H31N5O3S/c1-2-4-20-6-9-23(10-7-20)35(33,34)30-24-17-22(8-11-25(24)31-15-13-27-14-16-31)26(32)29-19-21-5-3-12-28-18-21/h3,5-12,17-18,27,30H,2,4,13-16,19H2,1H3,(H,29,32). The van der Waals surface area contributed by atoms with Crippen molar-refractivity contribution in [3.05, 3.63) is 83.7 Å². The van der Waals surface area contributed by atoms with Crippen molar-refractivity contribution in [3.63, 3.8) is 0 Å². The largest absolute Gasteiger partial charge is 0.367 e. The maximum Gasteiger partial charge on any atom is 0.261 e. The molecule has 0 bridgehead atoms. The van der Waals surface area contributed by atoms with Gasteiger partial charge in [0.2, 0.25) is 0 Å². The van der Waals surface area contributed by atoms with Gasteiger partial charge in [0.15, 0.2) is 0 Å². The second kappa shape index (κ2) is 11.3. The van der Waals surface area contributed by atoms with E-state index in [0.29, 0.717) is 17.8 Å². The zero-order valence-electron chi connectivity index (χ0n) is 19.8. The first-order chi connectivity index (χ1) is 17.0. The fourth-order valence-electron chi connectivity index (χ4n) is 4.06. The molecule has 0 spiro atoms. The Morgan fingerprint density at radius 1 is 1.06 bits per heavy atom. The SMILES string of the molecule is CCCc1ccc(S(=O)(=O)Nc2cc(C(=O)NCc3cccnc3)ccc2N2CCNCC2)cc1. The molecule has 1 fully saturated rings. The second-order valence-corrected chi connectivity index (χ2v) is 10.2. The quantitative estimate of drug-likeness (QED) is 0.423. The normalized spacial score (nSPS) is 13.9. The Morgan fingerprint density at radius 3 is 2.51 bits per heavy atom. The van der Waals surface area contributed by atoms with Crippen LogP contribution in [0, 0.1) is 0 Å². The van der Waals surface area contributed by atoms with Gasteiger partial charge in [-0.05, 0) is 53.9 Å². The molecule has 8 nitrogen and oxygen atoms in total. The van der Waals surface area contributed by atoms with Gasteiger partial charge in [0, 0.05) is 50.7 Å². The first-order valence-electron chi connectivity index (χ1n) is 11.8. The molecule has 0 atom stereocenters. The van der Waals surface area contributed by atoms with Crippen LogP contribution in [0.1, 0.15) is 34.8 Å². The molecule has 1 amide bonds. The number of hydrogen-bond acceptors (Lipinski definition) is 6. The number of sulfonamides is 1. The van der Waals surface area contributed by atoms with Crippen LogP contribution in [0.25, 0.3) is 0 Å². The van der Waals surface area contributed by atoms with Crippen molar-refractivity contribution >= 4 is 27.3 Å². The number of piperazine rings is 1. The summed E-state index contributed by atoms with van der Waals surface area (Å²) >= 11 is 0. The van der Waals surface area contributed by atoms with Crippen molar-refractivity contribution in [2.24, 2.45) is 0 Å². The zero-order valence-corrected chi connectivity index (χ0v) is 20.6. The monoisotopic (exact) mass is 493 g/mol. The van der Waals surface area contributed by atoms with Crippen LogP contribution in [0.2, 0.25) is 0 Å². The number of benzene rings is 2. The summed E-state index contributed by atoms with van der Waals surface area (Å²) in [4.78, 5) is 19.2. The Kier molecular flexibility index (Phi) is 7.99. The summed E-state index contributed by atoms with van der Waals surface area (Å²) in [6, 6.07) is 15.8. The van der Waals surface area contributed by atoms with E-state index in [1.54, 1.807) is 36.7 Å². The molecule has 0 saturated carbocycles. The van der Waals surface area contributed by atoms with Gasteiger partial charge in [0.1, 0.15) is 0 Å². The van der Waals surface area contributed by atoms with Gasteiger partial charge >= 0.3 is 0 Å². The molecule has 2 heterocycles. The number of rotatable bonds is 9. The van der Waals surface area contributed by atoms with E-state index < -0.39 is 10.0 Å². The van der Waals surface area contributed by atoms with Crippen molar-refractivity contribution in [1.29, 1.82) is 0 Å². The van der Waals surface area contributed by atoms with Crippen molar-refractivity contribution in [3.8, 4) is 0 Å². The predicted octanol–water partition coefficient (Wildman–Crippen LogP) is 3.17. The van der Waals surface area contributed by atoms with E-state index in [1.165, 1.54) is 0 Å². The molecule has 1 aliphatic heterocycles. The van der Waals surface area contributed by atoms with Crippen LogP contribution in [0.3, 0.4) is 0 Å². The van der Waals surface area contributed by atoms with Gasteiger partial charge in [0.25, 0.3) is 15.9 Å². The molecule has 0 radical (unpaired) electrons. The molecule has 184 valence electrons. The summed E-state index contributed by atoms with van der Waals surface area (Å²) in [5, 5.41) is 6.18. The van der Waals surface area contributed by atoms with Crippen molar-refractivity contribution in [2.75, 3.05) is 35.8 Å². The maximum atomic E-state index is 13.2. The first-order valence-corrected chi connectivity index (χ1v) is 13.3. The third-order valence-corrected chi connectivity index (χ3v) is 7.29. The second-order valence-electron chi connectivity index (χ2n) is 8.51. The van der Waals surface area contributed by atoms with E-state index in [0.717, 1.165) is 55.8 Å². The average molecular weight is 494 g/mol. The summed E-state index contributed by atoms with van der Waals surface area (Å²) in [6.07, 6.45) is 5.26. The number of carbonyl (C=O) groups is 1. The number of amides is 1. The Balaban J connectivity index is 1.59. The van der Waals surface area contributed by atoms with Gasteiger partial charge in [-0.2, -0.15) is 0 Å². The molecule has 1 aromatic heterocycles. The smallest absolute Gasteiger partial charge is 0.261 e. The molecular weight excluding hydrogens is 462 g/mol. The third kappa shape index (κ3) is 6.37.